The minimum atomic E-state index is 0.110. The molecule has 4 aliphatic rings. The van der Waals surface area contributed by atoms with Gasteiger partial charge in [-0.3, -0.25) is 9.59 Å². The lowest BCUT2D eigenvalue weighted by Gasteiger charge is -2.41. The Labute approximate surface area is 189 Å². The highest BCUT2D eigenvalue weighted by Crippen LogP contribution is 2.50. The zero-order chi connectivity index (χ0) is 21.8. The number of likely N-dealkylation sites (tertiary alicyclic amines) is 1. The number of hydrogen-bond donors (Lipinski definition) is 1. The first kappa shape index (κ1) is 19.8. The smallest absolute Gasteiger partial charge is 0.228 e. The van der Waals surface area contributed by atoms with Crippen molar-refractivity contribution in [2.75, 3.05) is 47.8 Å². The number of aryl methyl sites for hydroxylation is 1. The van der Waals surface area contributed by atoms with Crippen molar-refractivity contribution in [1.29, 1.82) is 0 Å². The number of piperidine rings is 1. The summed E-state index contributed by atoms with van der Waals surface area (Å²) in [4.78, 5) is 31.1. The maximum Gasteiger partial charge on any atom is 0.228 e. The topological polar surface area (TPSA) is 55.9 Å². The van der Waals surface area contributed by atoms with Crippen molar-refractivity contribution in [3.8, 4) is 0 Å². The van der Waals surface area contributed by atoms with E-state index in [1.165, 1.54) is 23.2 Å². The molecule has 2 amide bonds. The summed E-state index contributed by atoms with van der Waals surface area (Å²) in [5.74, 6) is 0.767. The molecule has 1 fully saturated rings. The largest absolute Gasteiger partial charge is 0.364 e. The van der Waals surface area contributed by atoms with Gasteiger partial charge in [-0.15, -0.1) is 0 Å². The van der Waals surface area contributed by atoms with E-state index < -0.39 is 0 Å². The van der Waals surface area contributed by atoms with Crippen LogP contribution in [0.15, 0.2) is 36.4 Å². The Morgan fingerprint density at radius 3 is 2.88 bits per heavy atom. The Balaban J connectivity index is 1.15. The summed E-state index contributed by atoms with van der Waals surface area (Å²) in [6.07, 6.45) is 3.78. The van der Waals surface area contributed by atoms with Gasteiger partial charge in [-0.1, -0.05) is 30.3 Å². The molecule has 0 aromatic heterocycles. The zero-order valence-corrected chi connectivity index (χ0v) is 18.6. The lowest BCUT2D eigenvalue weighted by Crippen LogP contribution is -2.50. The first-order valence-electron chi connectivity index (χ1n) is 11.9. The number of hydrogen-bond acceptors (Lipinski definition) is 4. The van der Waals surface area contributed by atoms with Gasteiger partial charge in [-0.05, 0) is 48.6 Å². The summed E-state index contributed by atoms with van der Waals surface area (Å²) in [5.41, 5.74) is 7.28. The second-order valence-electron chi connectivity index (χ2n) is 9.62. The van der Waals surface area contributed by atoms with Crippen LogP contribution in [0, 0.1) is 0 Å². The summed E-state index contributed by atoms with van der Waals surface area (Å²) < 4.78 is 0. The molecule has 0 radical (unpaired) electrons. The molecule has 2 atom stereocenters. The fourth-order valence-electron chi connectivity index (χ4n) is 6.39. The third-order valence-electron chi connectivity index (χ3n) is 7.80. The lowest BCUT2D eigenvalue weighted by molar-refractivity contribution is -0.116. The van der Waals surface area contributed by atoms with Crippen LogP contribution in [-0.2, 0) is 22.4 Å². The van der Waals surface area contributed by atoms with Gasteiger partial charge < -0.3 is 20.0 Å². The van der Waals surface area contributed by atoms with Gasteiger partial charge in [0.05, 0.1) is 17.8 Å². The monoisotopic (exact) mass is 430 g/mol. The van der Waals surface area contributed by atoms with Crippen LogP contribution < -0.4 is 15.1 Å². The van der Waals surface area contributed by atoms with Crippen molar-refractivity contribution in [2.24, 2.45) is 0 Å². The van der Waals surface area contributed by atoms with Crippen LogP contribution in [0.2, 0.25) is 0 Å². The van der Waals surface area contributed by atoms with Gasteiger partial charge in [0.25, 0.3) is 0 Å². The second kappa shape index (κ2) is 7.62. The summed E-state index contributed by atoms with van der Waals surface area (Å²) in [6.45, 7) is 6.69. The predicted molar refractivity (Wildman–Crippen MR) is 126 cm³/mol. The van der Waals surface area contributed by atoms with Crippen LogP contribution in [-0.4, -0.2) is 55.5 Å². The summed E-state index contributed by atoms with van der Waals surface area (Å²) >= 11 is 0. The maximum atomic E-state index is 12.2. The van der Waals surface area contributed by atoms with Gasteiger partial charge in [0.1, 0.15) is 0 Å². The van der Waals surface area contributed by atoms with Crippen LogP contribution in [0.3, 0.4) is 0 Å². The number of nitrogens with one attached hydrogen (secondary N) is 1. The first-order valence-corrected chi connectivity index (χ1v) is 11.9. The number of benzene rings is 2. The molecule has 6 rings (SSSR count). The van der Waals surface area contributed by atoms with Gasteiger partial charge in [-0.25, -0.2) is 0 Å². The Kier molecular flexibility index (Phi) is 4.72. The number of para-hydroxylation sites is 2. The van der Waals surface area contributed by atoms with Crippen molar-refractivity contribution in [1.82, 2.24) is 4.90 Å². The van der Waals surface area contributed by atoms with Crippen molar-refractivity contribution >= 4 is 28.9 Å². The van der Waals surface area contributed by atoms with Gasteiger partial charge in [0, 0.05) is 50.7 Å². The predicted octanol–water partition coefficient (Wildman–Crippen LogP) is 3.16. The average molecular weight is 431 g/mol. The molecular weight excluding hydrogens is 400 g/mol. The number of fused-ring (bicyclic) bond motifs is 4. The Bertz CT molecular complexity index is 1100. The van der Waals surface area contributed by atoms with E-state index in [9.17, 15) is 9.59 Å². The second-order valence-corrected chi connectivity index (χ2v) is 9.62. The van der Waals surface area contributed by atoms with E-state index in [-0.39, 0.29) is 11.8 Å². The first-order chi connectivity index (χ1) is 15.6. The average Bonchev–Trinajstić information content (AvgIpc) is 3.33. The number of amides is 2. The van der Waals surface area contributed by atoms with Gasteiger partial charge >= 0.3 is 0 Å². The number of carbonyl (C=O) groups is 2. The summed E-state index contributed by atoms with van der Waals surface area (Å²) in [5, 5.41) is 3.04. The van der Waals surface area contributed by atoms with Crippen LogP contribution in [0.5, 0.6) is 0 Å². The SMILES string of the molecule is CC(=O)N1CCN2c3c(cccc31)[C@@H]1CN(CCCc3cccc4c3NC(=O)C4)CC[C@@H]12. The van der Waals surface area contributed by atoms with Gasteiger partial charge in [-0.2, -0.15) is 0 Å². The summed E-state index contributed by atoms with van der Waals surface area (Å²) in [7, 11) is 0. The Morgan fingerprint density at radius 2 is 2.00 bits per heavy atom. The molecule has 0 saturated carbocycles. The molecule has 0 aliphatic carbocycles. The Hall–Kier alpha value is -2.86. The molecule has 32 heavy (non-hydrogen) atoms. The van der Waals surface area contributed by atoms with E-state index in [1.807, 2.05) is 4.90 Å². The normalized spacial score (nSPS) is 23.6. The van der Waals surface area contributed by atoms with E-state index >= 15 is 0 Å². The molecule has 1 N–H and O–H groups in total. The highest BCUT2D eigenvalue weighted by atomic mass is 16.2. The van der Waals surface area contributed by atoms with E-state index in [0.29, 0.717) is 18.4 Å². The molecule has 0 bridgehead atoms. The van der Waals surface area contributed by atoms with Crippen LogP contribution in [0.1, 0.15) is 42.4 Å². The highest BCUT2D eigenvalue weighted by molar-refractivity contribution is 6.00. The number of nitrogens with zero attached hydrogens (tertiary/aromatic N) is 3. The molecular formula is C26H30N4O2. The fraction of sp³-hybridized carbons (Fsp3) is 0.462. The third-order valence-corrected chi connectivity index (χ3v) is 7.80. The van der Waals surface area contributed by atoms with Crippen molar-refractivity contribution in [2.45, 2.75) is 44.6 Å². The van der Waals surface area contributed by atoms with Crippen LogP contribution in [0.4, 0.5) is 17.1 Å². The van der Waals surface area contributed by atoms with E-state index in [2.05, 4.69) is 51.5 Å². The molecule has 4 heterocycles. The minimum Gasteiger partial charge on any atom is -0.364 e. The molecule has 166 valence electrons. The molecule has 4 aliphatic heterocycles. The molecule has 0 unspecified atom stereocenters. The quantitative estimate of drug-likeness (QED) is 0.810. The fourth-order valence-corrected chi connectivity index (χ4v) is 6.39. The molecule has 2 aromatic rings. The van der Waals surface area contributed by atoms with E-state index in [4.69, 9.17) is 0 Å². The van der Waals surface area contributed by atoms with Crippen molar-refractivity contribution in [3.63, 3.8) is 0 Å². The summed E-state index contributed by atoms with van der Waals surface area (Å²) in [6, 6.07) is 13.4. The number of rotatable bonds is 4. The molecule has 6 nitrogen and oxygen atoms in total. The van der Waals surface area contributed by atoms with Crippen molar-refractivity contribution < 1.29 is 9.59 Å². The van der Waals surface area contributed by atoms with Crippen molar-refractivity contribution in [3.05, 3.63) is 53.1 Å². The molecule has 0 spiro atoms. The molecule has 1 saturated heterocycles. The third kappa shape index (κ3) is 3.12. The van der Waals surface area contributed by atoms with E-state index in [1.54, 1.807) is 6.92 Å². The molecule has 2 aromatic carbocycles. The number of carbonyl (C=O) groups excluding carboxylic acids is 2. The van der Waals surface area contributed by atoms with Gasteiger partial charge in [0.2, 0.25) is 11.8 Å². The Morgan fingerprint density at radius 1 is 1.12 bits per heavy atom. The lowest BCUT2D eigenvalue weighted by atomic mass is 9.89. The molecule has 6 heteroatoms. The zero-order valence-electron chi connectivity index (χ0n) is 18.6. The standard InChI is InChI=1S/C26H30N4O2/c1-17(31)29-13-14-30-22-10-12-28(16-21(22)20-8-3-9-23(29)26(20)30)11-4-7-18-5-2-6-19-15-24(32)27-25(18)19/h2-3,5-6,8-9,21-22H,4,7,10-16H2,1H3,(H,27,32)/t21-,22-/m0/s1. The minimum absolute atomic E-state index is 0.110. The maximum absolute atomic E-state index is 12.2. The number of anilines is 3. The van der Waals surface area contributed by atoms with Gasteiger partial charge in [0.15, 0.2) is 0 Å². The van der Waals surface area contributed by atoms with Crippen LogP contribution in [0.25, 0.3) is 0 Å². The van der Waals surface area contributed by atoms with Crippen LogP contribution >= 0.6 is 0 Å². The highest BCUT2D eigenvalue weighted by Gasteiger charge is 2.45. The van der Waals surface area contributed by atoms with E-state index in [0.717, 1.165) is 62.5 Å².